The van der Waals surface area contributed by atoms with E-state index in [0.29, 0.717) is 5.69 Å². The standard InChI is InChI=1S/C8H10ClFN2OS/c1-2-14(11,13)12-6-3-4-8(10)7(9)5-6/h3-5H,2H2,1H3,(H2,11,12,13). The third-order valence-corrected chi connectivity index (χ3v) is 3.28. The predicted molar refractivity (Wildman–Crippen MR) is 56.4 cm³/mol. The van der Waals surface area contributed by atoms with Gasteiger partial charge in [-0.05, 0) is 18.2 Å². The Morgan fingerprint density at radius 3 is 2.79 bits per heavy atom. The SMILES string of the molecule is CCS(=N)(=O)Nc1ccc(F)c(Cl)c1. The minimum atomic E-state index is -2.83. The van der Waals surface area contributed by atoms with Gasteiger partial charge in [-0.3, -0.25) is 4.72 Å². The fraction of sp³-hybridized carbons (Fsp3) is 0.250. The molecule has 1 unspecified atom stereocenters. The van der Waals surface area contributed by atoms with Crippen molar-refractivity contribution in [3.05, 3.63) is 29.0 Å². The van der Waals surface area contributed by atoms with Gasteiger partial charge in [0.2, 0.25) is 0 Å². The highest BCUT2D eigenvalue weighted by Gasteiger charge is 2.05. The lowest BCUT2D eigenvalue weighted by Crippen LogP contribution is -2.12. The molecule has 1 aromatic carbocycles. The topological polar surface area (TPSA) is 53.0 Å². The molecule has 78 valence electrons. The maximum atomic E-state index is 12.7. The molecule has 0 aliphatic heterocycles. The molecule has 0 aromatic heterocycles. The van der Waals surface area contributed by atoms with Crippen LogP contribution in [0.3, 0.4) is 0 Å². The van der Waals surface area contributed by atoms with Gasteiger partial charge in [-0.15, -0.1) is 0 Å². The summed E-state index contributed by atoms with van der Waals surface area (Å²) in [6.07, 6.45) is 0. The highest BCUT2D eigenvalue weighted by atomic mass is 35.5. The lowest BCUT2D eigenvalue weighted by Gasteiger charge is -2.08. The van der Waals surface area contributed by atoms with Crippen LogP contribution in [0.5, 0.6) is 0 Å². The van der Waals surface area contributed by atoms with Crippen LogP contribution in [0.4, 0.5) is 10.1 Å². The maximum Gasteiger partial charge on any atom is 0.141 e. The summed E-state index contributed by atoms with van der Waals surface area (Å²) in [4.78, 5) is 0. The Morgan fingerprint density at radius 2 is 2.29 bits per heavy atom. The van der Waals surface area contributed by atoms with Gasteiger partial charge in [-0.25, -0.2) is 13.4 Å². The second-order valence-electron chi connectivity index (χ2n) is 2.69. The molecule has 14 heavy (non-hydrogen) atoms. The molecule has 0 fully saturated rings. The zero-order valence-electron chi connectivity index (χ0n) is 7.51. The fourth-order valence-corrected chi connectivity index (χ4v) is 1.65. The van der Waals surface area contributed by atoms with E-state index in [-0.39, 0.29) is 10.8 Å². The first-order valence-electron chi connectivity index (χ1n) is 3.94. The van der Waals surface area contributed by atoms with Gasteiger partial charge >= 0.3 is 0 Å². The summed E-state index contributed by atoms with van der Waals surface area (Å²) in [5.74, 6) is -0.354. The highest BCUT2D eigenvalue weighted by Crippen LogP contribution is 2.20. The van der Waals surface area contributed by atoms with E-state index in [1.165, 1.54) is 12.1 Å². The molecule has 0 spiro atoms. The predicted octanol–water partition coefficient (Wildman–Crippen LogP) is 2.87. The first kappa shape index (κ1) is 11.3. The van der Waals surface area contributed by atoms with E-state index < -0.39 is 15.7 Å². The van der Waals surface area contributed by atoms with Crippen LogP contribution in [-0.2, 0) is 9.92 Å². The molecule has 0 saturated carbocycles. The Bertz CT molecular complexity index is 433. The number of hydrogen-bond donors (Lipinski definition) is 2. The van der Waals surface area contributed by atoms with E-state index in [1.807, 2.05) is 0 Å². The normalized spacial score (nSPS) is 14.8. The van der Waals surface area contributed by atoms with Gasteiger partial charge in [-0.2, -0.15) is 0 Å². The zero-order valence-corrected chi connectivity index (χ0v) is 9.08. The van der Waals surface area contributed by atoms with Gasteiger partial charge in [0.05, 0.1) is 5.02 Å². The molecule has 0 aliphatic carbocycles. The van der Waals surface area contributed by atoms with Crippen molar-refractivity contribution in [2.24, 2.45) is 0 Å². The van der Waals surface area contributed by atoms with Crippen molar-refractivity contribution in [1.29, 1.82) is 4.78 Å². The third kappa shape index (κ3) is 2.85. The Morgan fingerprint density at radius 1 is 1.64 bits per heavy atom. The lowest BCUT2D eigenvalue weighted by atomic mass is 10.3. The number of benzene rings is 1. The molecule has 1 aromatic rings. The highest BCUT2D eigenvalue weighted by molar-refractivity contribution is 7.93. The van der Waals surface area contributed by atoms with E-state index in [2.05, 4.69) is 4.72 Å². The maximum absolute atomic E-state index is 12.7. The van der Waals surface area contributed by atoms with Crippen molar-refractivity contribution in [2.75, 3.05) is 10.5 Å². The van der Waals surface area contributed by atoms with E-state index in [0.717, 1.165) is 6.07 Å². The average Bonchev–Trinajstić information content (AvgIpc) is 2.11. The number of nitrogens with one attached hydrogen (secondary N) is 2. The summed E-state index contributed by atoms with van der Waals surface area (Å²) >= 11 is 5.52. The molecule has 0 aliphatic rings. The van der Waals surface area contributed by atoms with Gasteiger partial charge in [0.25, 0.3) is 0 Å². The van der Waals surface area contributed by atoms with E-state index in [9.17, 15) is 8.60 Å². The second-order valence-corrected chi connectivity index (χ2v) is 5.23. The largest absolute Gasteiger partial charge is 0.299 e. The van der Waals surface area contributed by atoms with Crippen molar-refractivity contribution in [1.82, 2.24) is 0 Å². The zero-order chi connectivity index (χ0) is 10.8. The molecular weight excluding hydrogens is 227 g/mol. The summed E-state index contributed by atoms with van der Waals surface area (Å²) in [6.45, 7) is 1.63. The molecule has 0 amide bonds. The van der Waals surface area contributed by atoms with Crippen molar-refractivity contribution in [3.8, 4) is 0 Å². The number of halogens is 2. The second kappa shape index (κ2) is 4.14. The molecule has 0 heterocycles. The molecule has 3 nitrogen and oxygen atoms in total. The summed E-state index contributed by atoms with van der Waals surface area (Å²) in [5.41, 5.74) is 0.387. The van der Waals surface area contributed by atoms with Crippen LogP contribution >= 0.6 is 11.6 Å². The van der Waals surface area contributed by atoms with Crippen LogP contribution in [0.15, 0.2) is 18.2 Å². The lowest BCUT2D eigenvalue weighted by molar-refractivity contribution is 0.628. The number of anilines is 1. The van der Waals surface area contributed by atoms with Gasteiger partial charge in [-0.1, -0.05) is 18.5 Å². The summed E-state index contributed by atoms with van der Waals surface area (Å²) < 4.78 is 33.9. The van der Waals surface area contributed by atoms with Crippen LogP contribution in [0.25, 0.3) is 0 Å². The summed E-state index contributed by atoms with van der Waals surface area (Å²) in [7, 11) is -2.83. The Hall–Kier alpha value is -0.810. The fourth-order valence-electron chi connectivity index (χ4n) is 0.822. The molecule has 1 atom stereocenters. The van der Waals surface area contributed by atoms with Crippen molar-refractivity contribution in [2.45, 2.75) is 6.92 Å². The van der Waals surface area contributed by atoms with Crippen molar-refractivity contribution >= 4 is 27.2 Å². The van der Waals surface area contributed by atoms with E-state index >= 15 is 0 Å². The van der Waals surface area contributed by atoms with Gasteiger partial charge in [0.15, 0.2) is 0 Å². The number of hydrogen-bond acceptors (Lipinski definition) is 2. The van der Waals surface area contributed by atoms with E-state index in [4.69, 9.17) is 16.4 Å². The monoisotopic (exact) mass is 236 g/mol. The molecule has 2 N–H and O–H groups in total. The number of rotatable bonds is 3. The first-order chi connectivity index (χ1) is 6.44. The van der Waals surface area contributed by atoms with Crippen molar-refractivity contribution in [3.63, 3.8) is 0 Å². The van der Waals surface area contributed by atoms with Crippen LogP contribution in [0, 0.1) is 10.6 Å². The Balaban J connectivity index is 2.94. The average molecular weight is 237 g/mol. The Labute approximate surface area is 87.4 Å². The van der Waals surface area contributed by atoms with Gasteiger partial charge < -0.3 is 0 Å². The quantitative estimate of drug-likeness (QED) is 0.833. The summed E-state index contributed by atoms with van der Waals surface area (Å²) in [6, 6.07) is 3.86. The summed E-state index contributed by atoms with van der Waals surface area (Å²) in [5, 5.41) is -0.0543. The molecule has 6 heteroatoms. The van der Waals surface area contributed by atoms with Crippen LogP contribution in [0.1, 0.15) is 6.92 Å². The first-order valence-corrected chi connectivity index (χ1v) is 6.04. The van der Waals surface area contributed by atoms with Crippen LogP contribution in [0.2, 0.25) is 5.02 Å². The smallest absolute Gasteiger partial charge is 0.141 e. The van der Waals surface area contributed by atoms with Crippen LogP contribution < -0.4 is 4.72 Å². The molecule has 0 saturated heterocycles. The third-order valence-electron chi connectivity index (χ3n) is 1.61. The molecule has 0 bridgehead atoms. The Kier molecular flexibility index (Phi) is 3.34. The molecule has 1 rings (SSSR count). The minimum absolute atomic E-state index is 0.0543. The van der Waals surface area contributed by atoms with E-state index in [1.54, 1.807) is 6.92 Å². The van der Waals surface area contributed by atoms with Crippen molar-refractivity contribution < 1.29 is 8.60 Å². The minimum Gasteiger partial charge on any atom is -0.299 e. The van der Waals surface area contributed by atoms with Gasteiger partial charge in [0, 0.05) is 11.4 Å². The van der Waals surface area contributed by atoms with Gasteiger partial charge in [0.1, 0.15) is 15.7 Å². The molecular formula is C8H10ClFN2OS. The molecule has 0 radical (unpaired) electrons. The van der Waals surface area contributed by atoms with Crippen LogP contribution in [-0.4, -0.2) is 9.96 Å².